The second-order valence-electron chi connectivity index (χ2n) is 5.40. The number of hydrogen-bond acceptors (Lipinski definition) is 3. The van der Waals surface area contributed by atoms with Gasteiger partial charge in [-0.1, -0.05) is 30.7 Å². The number of aryl methyl sites for hydroxylation is 1. The van der Waals surface area contributed by atoms with Crippen LogP contribution in [-0.2, 0) is 16.4 Å². The maximum atomic E-state index is 12.5. The third-order valence-electron chi connectivity index (χ3n) is 3.68. The van der Waals surface area contributed by atoms with Crippen LogP contribution in [0.1, 0.15) is 22.8 Å². The molecule has 0 saturated heterocycles. The third-order valence-corrected chi connectivity index (χ3v) is 5.21. The van der Waals surface area contributed by atoms with Crippen LogP contribution in [0.4, 0.5) is 11.4 Å². The second kappa shape index (κ2) is 7.23. The number of halogens is 1. The largest absolute Gasteiger partial charge is 0.322 e. The minimum Gasteiger partial charge on any atom is -0.322 e. The number of sulfonamides is 1. The molecular formula is C17H19ClN2O3S. The van der Waals surface area contributed by atoms with E-state index in [9.17, 15) is 13.2 Å². The van der Waals surface area contributed by atoms with Crippen molar-refractivity contribution in [2.24, 2.45) is 0 Å². The minimum absolute atomic E-state index is 0.212. The fourth-order valence-electron chi connectivity index (χ4n) is 2.10. The van der Waals surface area contributed by atoms with Gasteiger partial charge in [-0.3, -0.25) is 9.10 Å². The van der Waals surface area contributed by atoms with Crippen LogP contribution in [-0.4, -0.2) is 27.6 Å². The molecule has 0 atom stereocenters. The van der Waals surface area contributed by atoms with E-state index < -0.39 is 15.9 Å². The van der Waals surface area contributed by atoms with Crippen LogP contribution < -0.4 is 9.62 Å². The Labute approximate surface area is 147 Å². The number of nitrogens with one attached hydrogen (secondary N) is 1. The zero-order valence-corrected chi connectivity index (χ0v) is 15.3. The van der Waals surface area contributed by atoms with Crippen molar-refractivity contribution in [3.05, 3.63) is 58.6 Å². The Balaban J connectivity index is 2.28. The molecule has 0 aromatic heterocycles. The van der Waals surface area contributed by atoms with Crippen molar-refractivity contribution in [3.63, 3.8) is 0 Å². The lowest BCUT2D eigenvalue weighted by Crippen LogP contribution is -2.25. The van der Waals surface area contributed by atoms with Gasteiger partial charge >= 0.3 is 0 Å². The van der Waals surface area contributed by atoms with Gasteiger partial charge < -0.3 is 5.32 Å². The lowest BCUT2D eigenvalue weighted by Gasteiger charge is -2.18. The molecule has 0 bridgehead atoms. The molecule has 1 amide bonds. The molecule has 0 aliphatic carbocycles. The SMILES string of the molecule is CCc1ccc(NC(=O)c2cc(N(C)S(C)(=O)=O)ccc2Cl)cc1. The van der Waals surface area contributed by atoms with Gasteiger partial charge in [-0.15, -0.1) is 0 Å². The minimum atomic E-state index is -3.42. The predicted octanol–water partition coefficient (Wildman–Crippen LogP) is 3.55. The smallest absolute Gasteiger partial charge is 0.257 e. The molecule has 0 spiro atoms. The van der Waals surface area contributed by atoms with E-state index in [1.165, 1.54) is 24.7 Å². The van der Waals surface area contributed by atoms with Crippen molar-refractivity contribution in [1.82, 2.24) is 0 Å². The van der Waals surface area contributed by atoms with Crippen molar-refractivity contribution in [3.8, 4) is 0 Å². The number of carbonyl (C=O) groups is 1. The number of carbonyl (C=O) groups excluding carboxylic acids is 1. The van der Waals surface area contributed by atoms with Crippen LogP contribution in [0.25, 0.3) is 0 Å². The summed E-state index contributed by atoms with van der Waals surface area (Å²) in [5.41, 5.74) is 2.40. The summed E-state index contributed by atoms with van der Waals surface area (Å²) in [5.74, 6) is -0.395. The number of nitrogens with zero attached hydrogens (tertiary/aromatic N) is 1. The van der Waals surface area contributed by atoms with E-state index in [-0.39, 0.29) is 10.6 Å². The van der Waals surface area contributed by atoms with Crippen LogP contribution in [0.15, 0.2) is 42.5 Å². The summed E-state index contributed by atoms with van der Waals surface area (Å²) in [4.78, 5) is 12.5. The topological polar surface area (TPSA) is 66.5 Å². The highest BCUT2D eigenvalue weighted by Gasteiger charge is 2.17. The fourth-order valence-corrected chi connectivity index (χ4v) is 2.80. The van der Waals surface area contributed by atoms with Gasteiger partial charge in [-0.2, -0.15) is 0 Å². The van der Waals surface area contributed by atoms with Gasteiger partial charge in [0.25, 0.3) is 5.91 Å². The molecular weight excluding hydrogens is 348 g/mol. The zero-order chi connectivity index (χ0) is 17.9. The molecule has 24 heavy (non-hydrogen) atoms. The van der Waals surface area contributed by atoms with Crippen molar-refractivity contribution in [1.29, 1.82) is 0 Å². The highest BCUT2D eigenvalue weighted by atomic mass is 35.5. The number of amides is 1. The Kier molecular flexibility index (Phi) is 5.51. The molecule has 0 heterocycles. The molecule has 0 saturated carbocycles. The molecule has 128 valence electrons. The van der Waals surface area contributed by atoms with Crippen LogP contribution in [0, 0.1) is 0 Å². The number of hydrogen-bond donors (Lipinski definition) is 1. The van der Waals surface area contributed by atoms with Crippen LogP contribution >= 0.6 is 11.6 Å². The molecule has 2 rings (SSSR count). The van der Waals surface area contributed by atoms with Gasteiger partial charge in [0.05, 0.1) is 22.5 Å². The van der Waals surface area contributed by atoms with E-state index in [4.69, 9.17) is 11.6 Å². The first-order valence-electron chi connectivity index (χ1n) is 7.36. The Morgan fingerprint density at radius 3 is 2.33 bits per heavy atom. The van der Waals surface area contributed by atoms with Gasteiger partial charge in [0, 0.05) is 12.7 Å². The first-order valence-corrected chi connectivity index (χ1v) is 9.58. The van der Waals surface area contributed by atoms with E-state index in [0.717, 1.165) is 17.0 Å². The average Bonchev–Trinajstić information content (AvgIpc) is 2.54. The Morgan fingerprint density at radius 2 is 1.79 bits per heavy atom. The standard InChI is InChI=1S/C17H19ClN2O3S/c1-4-12-5-7-13(8-6-12)19-17(21)15-11-14(9-10-16(15)18)20(2)24(3,22)23/h5-11H,4H2,1-3H3,(H,19,21). The third kappa shape index (κ3) is 4.27. The first-order chi connectivity index (χ1) is 11.2. The molecule has 1 N–H and O–H groups in total. The van der Waals surface area contributed by atoms with Gasteiger partial charge in [-0.05, 0) is 42.3 Å². The number of anilines is 2. The molecule has 0 aliphatic heterocycles. The molecule has 0 aliphatic rings. The summed E-state index contributed by atoms with van der Waals surface area (Å²) in [6.07, 6.45) is 2.01. The highest BCUT2D eigenvalue weighted by Crippen LogP contribution is 2.25. The molecule has 2 aromatic carbocycles. The maximum Gasteiger partial charge on any atom is 0.257 e. The molecule has 5 nitrogen and oxygen atoms in total. The Bertz CT molecular complexity index is 849. The average molecular weight is 367 g/mol. The van der Waals surface area contributed by atoms with Gasteiger partial charge in [-0.25, -0.2) is 8.42 Å². The summed E-state index contributed by atoms with van der Waals surface area (Å²) in [6.45, 7) is 2.05. The highest BCUT2D eigenvalue weighted by molar-refractivity contribution is 7.92. The fraction of sp³-hybridized carbons (Fsp3) is 0.235. The van der Waals surface area contributed by atoms with E-state index >= 15 is 0 Å². The lowest BCUT2D eigenvalue weighted by molar-refractivity contribution is 0.102. The Morgan fingerprint density at radius 1 is 1.17 bits per heavy atom. The molecule has 0 fully saturated rings. The number of benzene rings is 2. The lowest BCUT2D eigenvalue weighted by atomic mass is 10.1. The van der Waals surface area contributed by atoms with Crippen molar-refractivity contribution >= 4 is 38.9 Å². The summed E-state index contributed by atoms with van der Waals surface area (Å²) in [6, 6.07) is 12.0. The van der Waals surface area contributed by atoms with Crippen molar-refractivity contribution < 1.29 is 13.2 Å². The second-order valence-corrected chi connectivity index (χ2v) is 7.82. The molecule has 0 unspecified atom stereocenters. The van der Waals surface area contributed by atoms with Gasteiger partial charge in [0.15, 0.2) is 0 Å². The summed E-state index contributed by atoms with van der Waals surface area (Å²) in [5, 5.41) is 3.02. The van der Waals surface area contributed by atoms with Gasteiger partial charge in [0.2, 0.25) is 10.0 Å². The van der Waals surface area contributed by atoms with Crippen LogP contribution in [0.2, 0.25) is 5.02 Å². The molecule has 7 heteroatoms. The number of rotatable bonds is 5. The van der Waals surface area contributed by atoms with E-state index in [0.29, 0.717) is 11.4 Å². The van der Waals surface area contributed by atoms with E-state index in [1.807, 2.05) is 24.3 Å². The monoisotopic (exact) mass is 366 g/mol. The molecule has 2 aromatic rings. The quantitative estimate of drug-likeness (QED) is 0.879. The first kappa shape index (κ1) is 18.3. The zero-order valence-electron chi connectivity index (χ0n) is 13.7. The molecule has 0 radical (unpaired) electrons. The Hall–Kier alpha value is -2.05. The normalized spacial score (nSPS) is 11.2. The summed E-state index contributed by atoms with van der Waals surface area (Å²) >= 11 is 6.10. The van der Waals surface area contributed by atoms with Crippen LogP contribution in [0.3, 0.4) is 0 Å². The predicted molar refractivity (Wildman–Crippen MR) is 98.5 cm³/mol. The van der Waals surface area contributed by atoms with E-state index in [2.05, 4.69) is 12.2 Å². The van der Waals surface area contributed by atoms with E-state index in [1.54, 1.807) is 6.07 Å². The van der Waals surface area contributed by atoms with Crippen molar-refractivity contribution in [2.45, 2.75) is 13.3 Å². The van der Waals surface area contributed by atoms with Gasteiger partial charge in [0.1, 0.15) is 0 Å². The summed E-state index contributed by atoms with van der Waals surface area (Å²) < 4.78 is 24.4. The summed E-state index contributed by atoms with van der Waals surface area (Å²) in [7, 11) is -2.00. The van der Waals surface area contributed by atoms with Crippen LogP contribution in [0.5, 0.6) is 0 Å². The van der Waals surface area contributed by atoms with Crippen molar-refractivity contribution in [2.75, 3.05) is 22.9 Å². The maximum absolute atomic E-state index is 12.5.